The van der Waals surface area contributed by atoms with Gasteiger partial charge in [-0.05, 0) is 17.5 Å². The van der Waals surface area contributed by atoms with Gasteiger partial charge in [0.05, 0.1) is 5.39 Å². The van der Waals surface area contributed by atoms with E-state index in [-0.39, 0.29) is 0 Å². The molecule has 3 aromatic heterocycles. The van der Waals surface area contributed by atoms with Gasteiger partial charge in [0.25, 0.3) is 0 Å². The third kappa shape index (κ3) is 1.34. The molecule has 0 fully saturated rings. The van der Waals surface area contributed by atoms with E-state index in [4.69, 9.17) is 5.84 Å². The fourth-order valence-corrected chi connectivity index (χ4v) is 2.23. The molecule has 6 nitrogen and oxygen atoms in total. The van der Waals surface area contributed by atoms with E-state index >= 15 is 0 Å². The van der Waals surface area contributed by atoms with Crippen molar-refractivity contribution < 1.29 is 0 Å². The zero-order valence-corrected chi connectivity index (χ0v) is 8.98. The number of nitrogen functional groups attached to an aromatic ring is 1. The fourth-order valence-electron chi connectivity index (χ4n) is 1.47. The molecule has 3 rings (SSSR count). The molecule has 0 aliphatic rings. The molecule has 3 N–H and O–H groups in total. The zero-order chi connectivity index (χ0) is 11.0. The summed E-state index contributed by atoms with van der Waals surface area (Å²) in [6.45, 7) is 0. The summed E-state index contributed by atoms with van der Waals surface area (Å²) in [5, 5.41) is 7.08. The molecule has 0 aliphatic heterocycles. The molecule has 0 aliphatic carbocycles. The van der Waals surface area contributed by atoms with Crippen molar-refractivity contribution in [1.29, 1.82) is 0 Å². The Morgan fingerprint density at radius 3 is 3.06 bits per heavy atom. The van der Waals surface area contributed by atoms with Crippen molar-refractivity contribution in [3.8, 4) is 5.82 Å². The first-order valence-electron chi connectivity index (χ1n) is 4.60. The molecule has 3 heterocycles. The molecule has 0 unspecified atom stereocenters. The molecule has 0 amide bonds. The molecule has 0 radical (unpaired) electrons. The topological polar surface area (TPSA) is 81.6 Å². The highest BCUT2D eigenvalue weighted by atomic mass is 32.1. The van der Waals surface area contributed by atoms with Crippen LogP contribution in [0.2, 0.25) is 0 Å². The number of fused-ring (bicyclic) bond motifs is 1. The molecule has 0 bridgehead atoms. The zero-order valence-electron chi connectivity index (χ0n) is 8.16. The van der Waals surface area contributed by atoms with Gasteiger partial charge >= 0.3 is 0 Å². The van der Waals surface area contributed by atoms with E-state index in [1.807, 2.05) is 23.7 Å². The normalized spacial score (nSPS) is 10.8. The Labute approximate surface area is 94.7 Å². The minimum Gasteiger partial charge on any atom is -0.292 e. The van der Waals surface area contributed by atoms with E-state index < -0.39 is 0 Å². The van der Waals surface area contributed by atoms with Crippen LogP contribution in [0.1, 0.15) is 0 Å². The second-order valence-electron chi connectivity index (χ2n) is 3.11. The number of hydrogen-bond donors (Lipinski definition) is 2. The summed E-state index contributed by atoms with van der Waals surface area (Å²) in [5.74, 6) is 6.45. The van der Waals surface area contributed by atoms with Crippen LogP contribution < -0.4 is 11.3 Å². The molecule has 0 saturated heterocycles. The molecule has 80 valence electrons. The average molecular weight is 232 g/mol. The number of hydrogen-bond acceptors (Lipinski definition) is 6. The van der Waals surface area contributed by atoms with E-state index in [2.05, 4.69) is 20.5 Å². The van der Waals surface area contributed by atoms with Crippen LogP contribution in [-0.4, -0.2) is 19.7 Å². The van der Waals surface area contributed by atoms with Crippen LogP contribution >= 0.6 is 11.3 Å². The Bertz CT molecular complexity index is 614. The van der Waals surface area contributed by atoms with Gasteiger partial charge in [0.15, 0.2) is 5.82 Å². The van der Waals surface area contributed by atoms with Crippen LogP contribution in [0.25, 0.3) is 16.0 Å². The number of nitrogens with one attached hydrogen (secondary N) is 1. The lowest BCUT2D eigenvalue weighted by Crippen LogP contribution is -2.12. The molecular formula is C9H8N6S. The van der Waals surface area contributed by atoms with E-state index in [1.54, 1.807) is 22.2 Å². The summed E-state index contributed by atoms with van der Waals surface area (Å²) in [6.07, 6.45) is 3.54. The molecule has 3 aromatic rings. The smallest absolute Gasteiger partial charge is 0.240 e. The van der Waals surface area contributed by atoms with Gasteiger partial charge in [-0.2, -0.15) is 10.1 Å². The Hall–Kier alpha value is -1.99. The number of nitrogens with zero attached hydrogens (tertiary/aromatic N) is 4. The number of anilines is 1. The lowest BCUT2D eigenvalue weighted by atomic mass is 10.4. The van der Waals surface area contributed by atoms with Crippen LogP contribution in [0.3, 0.4) is 0 Å². The van der Waals surface area contributed by atoms with Crippen LogP contribution in [0.15, 0.2) is 29.9 Å². The van der Waals surface area contributed by atoms with E-state index in [1.165, 1.54) is 0 Å². The summed E-state index contributed by atoms with van der Waals surface area (Å²) in [6, 6.07) is 3.81. The van der Waals surface area contributed by atoms with Crippen LogP contribution in [0.4, 0.5) is 5.95 Å². The molecule has 7 heteroatoms. The monoisotopic (exact) mass is 232 g/mol. The van der Waals surface area contributed by atoms with E-state index in [0.717, 1.165) is 16.0 Å². The summed E-state index contributed by atoms with van der Waals surface area (Å²) < 4.78 is 1.69. The van der Waals surface area contributed by atoms with Gasteiger partial charge in [-0.25, -0.2) is 15.5 Å². The van der Waals surface area contributed by atoms with E-state index in [9.17, 15) is 0 Å². The number of aromatic nitrogens is 4. The van der Waals surface area contributed by atoms with Gasteiger partial charge < -0.3 is 0 Å². The lowest BCUT2D eigenvalue weighted by molar-refractivity contribution is 0.852. The van der Waals surface area contributed by atoms with Crippen LogP contribution in [0, 0.1) is 0 Å². The molecule has 0 atom stereocenters. The minimum absolute atomic E-state index is 0.389. The third-order valence-corrected chi connectivity index (χ3v) is 2.96. The van der Waals surface area contributed by atoms with Gasteiger partial charge in [-0.15, -0.1) is 11.3 Å². The van der Waals surface area contributed by atoms with Crippen molar-refractivity contribution in [2.45, 2.75) is 0 Å². The first-order valence-corrected chi connectivity index (χ1v) is 5.48. The maximum atomic E-state index is 5.33. The minimum atomic E-state index is 0.389. The second kappa shape index (κ2) is 3.54. The Morgan fingerprint density at radius 2 is 2.31 bits per heavy atom. The molecule has 0 saturated carbocycles. The van der Waals surface area contributed by atoms with Gasteiger partial charge in [-0.3, -0.25) is 5.43 Å². The van der Waals surface area contributed by atoms with Gasteiger partial charge in [0.2, 0.25) is 5.95 Å². The van der Waals surface area contributed by atoms with Crippen molar-refractivity contribution >= 4 is 27.5 Å². The second-order valence-corrected chi connectivity index (χ2v) is 4.00. The highest BCUT2D eigenvalue weighted by molar-refractivity contribution is 7.16. The average Bonchev–Trinajstić information content (AvgIpc) is 2.98. The first kappa shape index (κ1) is 9.25. The molecule has 0 aromatic carbocycles. The highest BCUT2D eigenvalue weighted by Crippen LogP contribution is 2.24. The van der Waals surface area contributed by atoms with Crippen molar-refractivity contribution in [3.05, 3.63) is 29.9 Å². The van der Waals surface area contributed by atoms with Crippen molar-refractivity contribution in [1.82, 2.24) is 19.7 Å². The maximum Gasteiger partial charge on any atom is 0.240 e. The summed E-state index contributed by atoms with van der Waals surface area (Å²) in [5.41, 5.74) is 2.45. The predicted molar refractivity (Wildman–Crippen MR) is 62.3 cm³/mol. The fraction of sp³-hybridized carbons (Fsp3) is 0. The van der Waals surface area contributed by atoms with E-state index in [0.29, 0.717) is 5.95 Å². The maximum absolute atomic E-state index is 5.33. The number of rotatable bonds is 2. The number of nitrogens with two attached hydrogens (primary N) is 1. The van der Waals surface area contributed by atoms with Crippen molar-refractivity contribution in [3.63, 3.8) is 0 Å². The van der Waals surface area contributed by atoms with Gasteiger partial charge in [-0.1, -0.05) is 0 Å². The highest BCUT2D eigenvalue weighted by Gasteiger charge is 2.09. The summed E-state index contributed by atoms with van der Waals surface area (Å²) >= 11 is 1.54. The standard InChI is InChI=1S/C9H8N6S/c10-14-9-12-7(15-4-1-3-11-15)6-2-5-16-8(6)13-9/h1-5H,10H2,(H,12,13,14). The van der Waals surface area contributed by atoms with Gasteiger partial charge in [0, 0.05) is 12.4 Å². The molecule has 16 heavy (non-hydrogen) atoms. The Balaban J connectivity index is 2.33. The Morgan fingerprint density at radius 1 is 1.38 bits per heavy atom. The third-order valence-electron chi connectivity index (χ3n) is 2.16. The lowest BCUT2D eigenvalue weighted by Gasteiger charge is -2.04. The molecular weight excluding hydrogens is 224 g/mol. The number of hydrazine groups is 1. The van der Waals surface area contributed by atoms with Gasteiger partial charge in [0.1, 0.15) is 4.83 Å². The first-order chi connectivity index (χ1) is 7.88. The van der Waals surface area contributed by atoms with Crippen molar-refractivity contribution in [2.75, 3.05) is 5.43 Å². The predicted octanol–water partition coefficient (Wildman–Crippen LogP) is 1.16. The van der Waals surface area contributed by atoms with Crippen LogP contribution in [-0.2, 0) is 0 Å². The number of thiophene rings is 1. The quantitative estimate of drug-likeness (QED) is 0.512. The summed E-state index contributed by atoms with van der Waals surface area (Å²) in [7, 11) is 0. The van der Waals surface area contributed by atoms with Crippen LogP contribution in [0.5, 0.6) is 0 Å². The SMILES string of the molecule is NNc1nc(-n2cccn2)c2ccsc2n1. The largest absolute Gasteiger partial charge is 0.292 e. The summed E-state index contributed by atoms with van der Waals surface area (Å²) in [4.78, 5) is 9.43. The van der Waals surface area contributed by atoms with Crippen molar-refractivity contribution in [2.24, 2.45) is 5.84 Å². The molecule has 0 spiro atoms. The Kier molecular flexibility index (Phi) is 2.05.